The van der Waals surface area contributed by atoms with Crippen LogP contribution in [-0.4, -0.2) is 41.6 Å². The van der Waals surface area contributed by atoms with Crippen LogP contribution < -0.4 is 15.0 Å². The molecular formula is C23H22F3N5O2. The Morgan fingerprint density at radius 1 is 1.15 bits per heavy atom. The molecular weight excluding hydrogens is 435 g/mol. The molecule has 2 aromatic carbocycles. The third-order valence-corrected chi connectivity index (χ3v) is 5.67. The van der Waals surface area contributed by atoms with Crippen molar-refractivity contribution in [1.29, 1.82) is 0 Å². The number of rotatable bonds is 5. The van der Waals surface area contributed by atoms with Crippen molar-refractivity contribution >= 4 is 28.1 Å². The Labute approximate surface area is 188 Å². The van der Waals surface area contributed by atoms with Crippen molar-refractivity contribution in [3.8, 4) is 5.75 Å². The molecule has 33 heavy (non-hydrogen) atoms. The van der Waals surface area contributed by atoms with Gasteiger partial charge in [-0.25, -0.2) is 4.85 Å². The van der Waals surface area contributed by atoms with Crippen molar-refractivity contribution in [1.82, 2.24) is 10.2 Å². The number of fused-ring (bicyclic) bond motifs is 1. The molecule has 0 amide bonds. The molecule has 1 aliphatic rings. The van der Waals surface area contributed by atoms with Gasteiger partial charge in [-0.1, -0.05) is 18.2 Å². The lowest BCUT2D eigenvalue weighted by Crippen LogP contribution is -2.36. The number of halogens is 3. The normalized spacial score (nSPS) is 14.8. The second kappa shape index (κ2) is 9.11. The number of ether oxygens (including phenoxy) is 1. The zero-order chi connectivity index (χ0) is 23.6. The van der Waals surface area contributed by atoms with Gasteiger partial charge in [0.05, 0.1) is 25.3 Å². The van der Waals surface area contributed by atoms with Crippen LogP contribution in [0.1, 0.15) is 24.0 Å². The van der Waals surface area contributed by atoms with E-state index in [1.165, 1.54) is 13.2 Å². The van der Waals surface area contributed by atoms with E-state index in [0.717, 1.165) is 11.5 Å². The van der Waals surface area contributed by atoms with Gasteiger partial charge in [-0.2, -0.15) is 13.2 Å². The summed E-state index contributed by atoms with van der Waals surface area (Å²) in [5, 5.41) is 22.9. The lowest BCUT2D eigenvalue weighted by atomic mass is 10.1. The Hall–Kier alpha value is -3.58. The number of benzene rings is 2. The molecule has 10 heteroatoms. The molecule has 1 aromatic heterocycles. The Bertz CT molecular complexity index is 1200. The van der Waals surface area contributed by atoms with Gasteiger partial charge in [-0.05, 0) is 36.6 Å². The van der Waals surface area contributed by atoms with E-state index in [0.29, 0.717) is 54.2 Å². The topological polar surface area (TPSA) is 74.9 Å². The molecule has 7 nitrogen and oxygen atoms in total. The second-order valence-corrected chi connectivity index (χ2v) is 7.82. The third-order valence-electron chi connectivity index (χ3n) is 5.67. The maximum atomic E-state index is 13.3. The highest BCUT2D eigenvalue weighted by Gasteiger charge is 2.34. The van der Waals surface area contributed by atoms with Crippen LogP contribution in [0, 0.1) is 6.57 Å². The molecule has 4 rings (SSSR count). The minimum absolute atomic E-state index is 0.0777. The molecule has 2 N–H and O–H groups in total. The van der Waals surface area contributed by atoms with Crippen molar-refractivity contribution in [2.45, 2.75) is 31.7 Å². The fourth-order valence-electron chi connectivity index (χ4n) is 3.91. The summed E-state index contributed by atoms with van der Waals surface area (Å²) in [5.41, 5.74) is -0.0333. The van der Waals surface area contributed by atoms with Crippen LogP contribution in [0.25, 0.3) is 15.6 Å². The molecule has 0 spiro atoms. The monoisotopic (exact) mass is 457 g/mol. The molecule has 0 radical (unpaired) electrons. The maximum Gasteiger partial charge on any atom is 0.419 e. The number of anilines is 2. The van der Waals surface area contributed by atoms with Gasteiger partial charge in [0.25, 0.3) is 0 Å². The number of methoxy groups -OCH3 is 1. The molecule has 0 bridgehead atoms. The largest absolute Gasteiger partial charge is 0.496 e. The van der Waals surface area contributed by atoms with Crippen LogP contribution in [0.15, 0.2) is 36.4 Å². The predicted octanol–water partition coefficient (Wildman–Crippen LogP) is 4.78. The first-order valence-electron chi connectivity index (χ1n) is 10.4. The minimum Gasteiger partial charge on any atom is -0.496 e. The molecule has 1 saturated heterocycles. The zero-order valence-electron chi connectivity index (χ0n) is 17.9. The molecule has 1 aliphatic heterocycles. The second-order valence-electron chi connectivity index (χ2n) is 7.82. The van der Waals surface area contributed by atoms with Gasteiger partial charge >= 0.3 is 6.18 Å². The van der Waals surface area contributed by atoms with Crippen molar-refractivity contribution in [3.05, 3.63) is 58.9 Å². The molecule has 0 atom stereocenters. The number of aromatic nitrogens is 2. The average molecular weight is 457 g/mol. The van der Waals surface area contributed by atoms with Gasteiger partial charge in [-0.15, -0.1) is 10.2 Å². The molecule has 172 valence electrons. The summed E-state index contributed by atoms with van der Waals surface area (Å²) in [5.74, 6) is 0.789. The van der Waals surface area contributed by atoms with E-state index in [-0.39, 0.29) is 18.4 Å². The Balaban J connectivity index is 1.66. The molecule has 0 unspecified atom stereocenters. The summed E-state index contributed by atoms with van der Waals surface area (Å²) < 4.78 is 44.9. The van der Waals surface area contributed by atoms with Crippen LogP contribution in [0.2, 0.25) is 0 Å². The molecule has 0 aliphatic carbocycles. The number of piperidine rings is 1. The summed E-state index contributed by atoms with van der Waals surface area (Å²) >= 11 is 0. The van der Waals surface area contributed by atoms with E-state index in [1.54, 1.807) is 24.3 Å². The first kappa shape index (κ1) is 22.6. The van der Waals surface area contributed by atoms with Gasteiger partial charge < -0.3 is 20.1 Å². The van der Waals surface area contributed by atoms with Crippen molar-refractivity contribution < 1.29 is 23.0 Å². The van der Waals surface area contributed by atoms with Gasteiger partial charge in [-0.3, -0.25) is 0 Å². The molecule has 2 heterocycles. The van der Waals surface area contributed by atoms with E-state index in [4.69, 9.17) is 11.3 Å². The Morgan fingerprint density at radius 2 is 1.91 bits per heavy atom. The summed E-state index contributed by atoms with van der Waals surface area (Å²) in [6, 6.07) is 9.07. The zero-order valence-corrected chi connectivity index (χ0v) is 17.9. The van der Waals surface area contributed by atoms with E-state index < -0.39 is 11.7 Å². The van der Waals surface area contributed by atoms with Crippen LogP contribution in [0.5, 0.6) is 5.75 Å². The first-order chi connectivity index (χ1) is 15.8. The van der Waals surface area contributed by atoms with Crippen molar-refractivity contribution in [2.75, 3.05) is 30.4 Å². The van der Waals surface area contributed by atoms with Gasteiger partial charge in [0.2, 0.25) is 0 Å². The fourth-order valence-corrected chi connectivity index (χ4v) is 3.91. The highest BCUT2D eigenvalue weighted by Crippen LogP contribution is 2.37. The SMILES string of the molecule is [C-]#[N+]c1ccc2c(N3CCC(O)CC3)nnc(NCc3ccc(OC)c(C(F)(F)F)c3)c2c1. The van der Waals surface area contributed by atoms with Crippen LogP contribution in [0.4, 0.5) is 30.5 Å². The molecule has 0 saturated carbocycles. The van der Waals surface area contributed by atoms with E-state index >= 15 is 0 Å². The van der Waals surface area contributed by atoms with Gasteiger partial charge in [0.15, 0.2) is 17.3 Å². The molecule has 3 aromatic rings. The number of hydrogen-bond donors (Lipinski definition) is 2. The Kier molecular flexibility index (Phi) is 6.24. The number of aliphatic hydroxyl groups excluding tert-OH is 1. The highest BCUT2D eigenvalue weighted by molar-refractivity contribution is 6.00. The summed E-state index contributed by atoms with van der Waals surface area (Å²) in [6.45, 7) is 8.67. The quantitative estimate of drug-likeness (QED) is 0.537. The molecule has 1 fully saturated rings. The maximum absolute atomic E-state index is 13.3. The fraction of sp³-hybridized carbons (Fsp3) is 0.348. The van der Waals surface area contributed by atoms with E-state index in [2.05, 4.69) is 20.4 Å². The minimum atomic E-state index is -4.54. The summed E-state index contributed by atoms with van der Waals surface area (Å²) in [6.07, 6.45) is -3.62. The van der Waals surface area contributed by atoms with Crippen LogP contribution in [-0.2, 0) is 12.7 Å². The summed E-state index contributed by atoms with van der Waals surface area (Å²) in [7, 11) is 1.20. The number of alkyl halides is 3. The Morgan fingerprint density at radius 3 is 2.58 bits per heavy atom. The lowest BCUT2D eigenvalue weighted by molar-refractivity contribution is -0.138. The number of aliphatic hydroxyl groups is 1. The number of nitrogens with one attached hydrogen (secondary N) is 1. The van der Waals surface area contributed by atoms with Crippen molar-refractivity contribution in [2.24, 2.45) is 0 Å². The smallest absolute Gasteiger partial charge is 0.419 e. The van der Waals surface area contributed by atoms with Crippen molar-refractivity contribution in [3.63, 3.8) is 0 Å². The third kappa shape index (κ3) is 4.78. The summed E-state index contributed by atoms with van der Waals surface area (Å²) in [4.78, 5) is 5.52. The van der Waals surface area contributed by atoms with Gasteiger partial charge in [0.1, 0.15) is 5.75 Å². The highest BCUT2D eigenvalue weighted by atomic mass is 19.4. The first-order valence-corrected chi connectivity index (χ1v) is 10.4. The van der Waals surface area contributed by atoms with E-state index in [9.17, 15) is 18.3 Å². The number of nitrogens with zero attached hydrogens (tertiary/aromatic N) is 4. The lowest BCUT2D eigenvalue weighted by Gasteiger charge is -2.31. The van der Waals surface area contributed by atoms with Crippen LogP contribution >= 0.6 is 0 Å². The average Bonchev–Trinajstić information content (AvgIpc) is 2.82. The van der Waals surface area contributed by atoms with E-state index in [1.807, 2.05) is 4.90 Å². The van der Waals surface area contributed by atoms with Crippen LogP contribution in [0.3, 0.4) is 0 Å². The van der Waals surface area contributed by atoms with Gasteiger partial charge in [0, 0.05) is 30.4 Å². The number of hydrogen-bond acceptors (Lipinski definition) is 6. The predicted molar refractivity (Wildman–Crippen MR) is 119 cm³/mol. The standard InChI is InChI=1S/C23H22F3N5O2/c1-27-15-4-5-17-18(12-15)21(29-30-22(17)31-9-7-16(32)8-10-31)28-13-14-3-6-20(33-2)19(11-14)23(24,25)26/h3-6,11-12,16,32H,7-10,13H2,2H3,(H,28,29).